The zero-order valence-corrected chi connectivity index (χ0v) is 17.9. The van der Waals surface area contributed by atoms with Gasteiger partial charge in [-0.3, -0.25) is 9.55 Å². The van der Waals surface area contributed by atoms with E-state index in [9.17, 15) is 23.1 Å². The standard InChI is InChI=1S/C23H17ClF3N3O3/c1-14-21(31)30(18-5-7-19(8-6-18)33-23(25,26)27)22(32)29(14)13-16-9-10-28-12-20(16)15-3-2-4-17(24)11-15/h2-12,31H,13H2,1H3. The Kier molecular flexibility index (Phi) is 5.90. The Balaban J connectivity index is 1.72. The largest absolute Gasteiger partial charge is 0.573 e. The quantitative estimate of drug-likeness (QED) is 0.424. The Labute approximate surface area is 191 Å². The Morgan fingerprint density at radius 3 is 2.52 bits per heavy atom. The van der Waals surface area contributed by atoms with Gasteiger partial charge in [0.15, 0.2) is 0 Å². The number of alkyl halides is 3. The maximum atomic E-state index is 13.1. The van der Waals surface area contributed by atoms with Crippen LogP contribution < -0.4 is 10.4 Å². The molecule has 0 saturated carbocycles. The first-order valence-corrected chi connectivity index (χ1v) is 10.1. The first kappa shape index (κ1) is 22.5. The smallest absolute Gasteiger partial charge is 0.493 e. The van der Waals surface area contributed by atoms with Gasteiger partial charge in [-0.15, -0.1) is 13.2 Å². The number of pyridine rings is 1. The summed E-state index contributed by atoms with van der Waals surface area (Å²) in [5, 5.41) is 11.2. The second-order valence-electron chi connectivity index (χ2n) is 7.20. The number of aromatic hydroxyl groups is 1. The number of nitrogens with zero attached hydrogens (tertiary/aromatic N) is 3. The number of hydrogen-bond donors (Lipinski definition) is 1. The summed E-state index contributed by atoms with van der Waals surface area (Å²) in [7, 11) is 0. The fraction of sp³-hybridized carbons (Fsp3) is 0.130. The van der Waals surface area contributed by atoms with Crippen LogP contribution in [0, 0.1) is 6.92 Å². The molecule has 10 heteroatoms. The molecule has 1 N–H and O–H groups in total. The molecular weight excluding hydrogens is 459 g/mol. The van der Waals surface area contributed by atoms with Gasteiger partial charge in [-0.05, 0) is 60.5 Å². The highest BCUT2D eigenvalue weighted by Gasteiger charge is 2.31. The molecule has 2 aromatic heterocycles. The molecule has 0 aliphatic heterocycles. The molecule has 2 aromatic carbocycles. The van der Waals surface area contributed by atoms with Crippen LogP contribution in [-0.2, 0) is 6.54 Å². The van der Waals surface area contributed by atoms with E-state index >= 15 is 0 Å². The van der Waals surface area contributed by atoms with Crippen LogP contribution in [0.5, 0.6) is 11.6 Å². The van der Waals surface area contributed by atoms with Gasteiger partial charge < -0.3 is 9.84 Å². The maximum Gasteiger partial charge on any atom is 0.573 e. The van der Waals surface area contributed by atoms with E-state index in [2.05, 4.69) is 9.72 Å². The van der Waals surface area contributed by atoms with Crippen LogP contribution in [0.25, 0.3) is 16.8 Å². The first-order chi connectivity index (χ1) is 15.6. The molecule has 0 fully saturated rings. The van der Waals surface area contributed by atoms with Gasteiger partial charge in [0, 0.05) is 23.0 Å². The maximum absolute atomic E-state index is 13.1. The van der Waals surface area contributed by atoms with Gasteiger partial charge in [-0.25, -0.2) is 9.36 Å². The minimum Gasteiger partial charge on any atom is -0.493 e. The molecule has 0 atom stereocenters. The monoisotopic (exact) mass is 475 g/mol. The van der Waals surface area contributed by atoms with Crippen molar-refractivity contribution in [2.45, 2.75) is 19.8 Å². The van der Waals surface area contributed by atoms with Crippen molar-refractivity contribution < 1.29 is 23.0 Å². The molecule has 33 heavy (non-hydrogen) atoms. The van der Waals surface area contributed by atoms with Crippen molar-refractivity contribution in [2.75, 3.05) is 0 Å². The van der Waals surface area contributed by atoms with E-state index in [4.69, 9.17) is 11.6 Å². The third-order valence-corrected chi connectivity index (χ3v) is 5.30. The molecule has 0 saturated heterocycles. The van der Waals surface area contributed by atoms with E-state index in [1.165, 1.54) is 16.7 Å². The van der Waals surface area contributed by atoms with Gasteiger partial charge in [0.25, 0.3) is 0 Å². The molecule has 0 spiro atoms. The highest BCUT2D eigenvalue weighted by Crippen LogP contribution is 2.28. The van der Waals surface area contributed by atoms with Crippen molar-refractivity contribution in [2.24, 2.45) is 0 Å². The van der Waals surface area contributed by atoms with E-state index in [0.29, 0.717) is 10.7 Å². The van der Waals surface area contributed by atoms with Gasteiger partial charge in [0.05, 0.1) is 17.9 Å². The molecule has 0 radical (unpaired) electrons. The number of imidazole rings is 1. The number of ether oxygens (including phenoxy) is 1. The normalized spacial score (nSPS) is 11.5. The van der Waals surface area contributed by atoms with Gasteiger partial charge in [-0.2, -0.15) is 0 Å². The van der Waals surface area contributed by atoms with E-state index < -0.39 is 17.8 Å². The van der Waals surface area contributed by atoms with Crippen molar-refractivity contribution in [3.05, 3.63) is 93.8 Å². The molecule has 4 aromatic rings. The summed E-state index contributed by atoms with van der Waals surface area (Å²) in [6, 6.07) is 13.6. The van der Waals surface area contributed by atoms with Crippen molar-refractivity contribution >= 4 is 11.6 Å². The zero-order chi connectivity index (χ0) is 23.8. The lowest BCUT2D eigenvalue weighted by Gasteiger charge is -2.11. The van der Waals surface area contributed by atoms with Gasteiger partial charge in [0.1, 0.15) is 5.75 Å². The number of benzene rings is 2. The van der Waals surface area contributed by atoms with Crippen LogP contribution in [0.2, 0.25) is 5.02 Å². The van der Waals surface area contributed by atoms with Gasteiger partial charge >= 0.3 is 12.1 Å². The molecule has 0 amide bonds. The van der Waals surface area contributed by atoms with Crippen molar-refractivity contribution in [3.8, 4) is 28.4 Å². The summed E-state index contributed by atoms with van der Waals surface area (Å²) in [5.74, 6) is -0.749. The zero-order valence-electron chi connectivity index (χ0n) is 17.2. The van der Waals surface area contributed by atoms with Crippen LogP contribution in [0.4, 0.5) is 13.2 Å². The molecule has 0 aliphatic carbocycles. The molecule has 2 heterocycles. The summed E-state index contributed by atoms with van der Waals surface area (Å²) < 4.78 is 43.5. The molecule has 170 valence electrons. The fourth-order valence-corrected chi connectivity index (χ4v) is 3.69. The Bertz CT molecular complexity index is 1360. The lowest BCUT2D eigenvalue weighted by atomic mass is 10.0. The van der Waals surface area contributed by atoms with Crippen molar-refractivity contribution in [1.29, 1.82) is 0 Å². The molecular formula is C23H17ClF3N3O3. The number of halogens is 4. The van der Waals surface area contributed by atoms with Crippen molar-refractivity contribution in [3.63, 3.8) is 0 Å². The average Bonchev–Trinajstić information content (AvgIpc) is 2.97. The first-order valence-electron chi connectivity index (χ1n) is 9.70. The van der Waals surface area contributed by atoms with E-state index in [1.807, 2.05) is 6.07 Å². The second-order valence-corrected chi connectivity index (χ2v) is 7.63. The summed E-state index contributed by atoms with van der Waals surface area (Å²) in [4.78, 5) is 17.3. The van der Waals surface area contributed by atoms with E-state index in [0.717, 1.165) is 33.4 Å². The Morgan fingerprint density at radius 2 is 1.85 bits per heavy atom. The van der Waals surface area contributed by atoms with Crippen molar-refractivity contribution in [1.82, 2.24) is 14.1 Å². The van der Waals surface area contributed by atoms with Crippen LogP contribution in [0.15, 0.2) is 71.8 Å². The number of aromatic nitrogens is 3. The molecule has 0 bridgehead atoms. The van der Waals surface area contributed by atoms with Crippen LogP contribution in [0.1, 0.15) is 11.3 Å². The number of rotatable bonds is 5. The second kappa shape index (κ2) is 8.67. The predicted octanol–water partition coefficient (Wildman–Crippen LogP) is 5.32. The van der Waals surface area contributed by atoms with Crippen LogP contribution >= 0.6 is 11.6 Å². The predicted molar refractivity (Wildman–Crippen MR) is 117 cm³/mol. The van der Waals surface area contributed by atoms with Gasteiger partial charge in [-0.1, -0.05) is 23.7 Å². The molecule has 6 nitrogen and oxygen atoms in total. The summed E-state index contributed by atoms with van der Waals surface area (Å²) in [6.45, 7) is 1.71. The van der Waals surface area contributed by atoms with Crippen LogP contribution in [0.3, 0.4) is 0 Å². The fourth-order valence-electron chi connectivity index (χ4n) is 3.50. The third-order valence-electron chi connectivity index (χ3n) is 5.07. The highest BCUT2D eigenvalue weighted by atomic mass is 35.5. The summed E-state index contributed by atoms with van der Waals surface area (Å²) in [5.41, 5.74) is 2.29. The summed E-state index contributed by atoms with van der Waals surface area (Å²) in [6.07, 6.45) is -1.57. The topological polar surface area (TPSA) is 69.3 Å². The minimum absolute atomic E-state index is 0.130. The van der Waals surface area contributed by atoms with Crippen LogP contribution in [-0.4, -0.2) is 25.6 Å². The lowest BCUT2D eigenvalue weighted by Crippen LogP contribution is -2.24. The third kappa shape index (κ3) is 4.73. The Morgan fingerprint density at radius 1 is 1.12 bits per heavy atom. The Hall–Kier alpha value is -3.72. The molecule has 0 unspecified atom stereocenters. The number of hydrogen-bond acceptors (Lipinski definition) is 4. The molecule has 0 aliphatic rings. The van der Waals surface area contributed by atoms with E-state index in [1.54, 1.807) is 43.6 Å². The highest BCUT2D eigenvalue weighted by molar-refractivity contribution is 6.30. The molecule has 4 rings (SSSR count). The lowest BCUT2D eigenvalue weighted by molar-refractivity contribution is -0.274. The van der Waals surface area contributed by atoms with E-state index in [-0.39, 0.29) is 18.1 Å². The minimum atomic E-state index is -4.83. The summed E-state index contributed by atoms with van der Waals surface area (Å²) >= 11 is 6.11. The average molecular weight is 476 g/mol. The SMILES string of the molecule is Cc1c(O)n(-c2ccc(OC(F)(F)F)cc2)c(=O)n1Cc1ccncc1-c1cccc(Cl)c1. The van der Waals surface area contributed by atoms with Gasteiger partial charge in [0.2, 0.25) is 5.88 Å².